The zero-order chi connectivity index (χ0) is 8.39. The highest BCUT2D eigenvalue weighted by molar-refractivity contribution is 5.80. The van der Waals surface area contributed by atoms with Crippen molar-refractivity contribution in [2.45, 2.75) is 25.9 Å². The van der Waals surface area contributed by atoms with Crippen molar-refractivity contribution in [1.29, 1.82) is 0 Å². The molecule has 2 rings (SSSR count). The second-order valence-electron chi connectivity index (χ2n) is 3.63. The van der Waals surface area contributed by atoms with E-state index < -0.39 is 0 Å². The van der Waals surface area contributed by atoms with Crippen molar-refractivity contribution in [3.63, 3.8) is 0 Å². The maximum atomic E-state index is 5.62. The number of nitrogens with zero attached hydrogens (tertiary/aromatic N) is 1. The summed E-state index contributed by atoms with van der Waals surface area (Å²) >= 11 is 0. The predicted molar refractivity (Wildman–Crippen MR) is 48.4 cm³/mol. The molecule has 3 heteroatoms. The fourth-order valence-corrected chi connectivity index (χ4v) is 1.79. The summed E-state index contributed by atoms with van der Waals surface area (Å²) in [6.07, 6.45) is 2.69. The Bertz CT molecular complexity index is 185. The molecule has 1 unspecified atom stereocenters. The van der Waals surface area contributed by atoms with Crippen molar-refractivity contribution in [3.05, 3.63) is 0 Å². The molecule has 0 aromatic heterocycles. The van der Waals surface area contributed by atoms with Gasteiger partial charge < -0.3 is 10.1 Å². The van der Waals surface area contributed by atoms with Crippen LogP contribution < -0.4 is 5.32 Å². The summed E-state index contributed by atoms with van der Waals surface area (Å²) in [5, 5.41) is 3.34. The fourth-order valence-electron chi connectivity index (χ4n) is 1.79. The second kappa shape index (κ2) is 3.44. The molecule has 2 heterocycles. The van der Waals surface area contributed by atoms with E-state index in [0.29, 0.717) is 12.0 Å². The minimum absolute atomic E-state index is 0.315. The smallest absolute Gasteiger partial charge is 0.186 e. The lowest BCUT2D eigenvalue weighted by atomic mass is 9.98. The summed E-state index contributed by atoms with van der Waals surface area (Å²) in [6, 6.07) is 0. The molecule has 0 amide bonds. The van der Waals surface area contributed by atoms with E-state index in [1.807, 2.05) is 0 Å². The van der Waals surface area contributed by atoms with Crippen LogP contribution in [-0.4, -0.2) is 31.6 Å². The van der Waals surface area contributed by atoms with Gasteiger partial charge in [0.05, 0.1) is 6.54 Å². The number of hydrogen-bond donors (Lipinski definition) is 1. The van der Waals surface area contributed by atoms with Crippen molar-refractivity contribution in [1.82, 2.24) is 5.32 Å². The summed E-state index contributed by atoms with van der Waals surface area (Å²) < 4.78 is 5.62. The van der Waals surface area contributed by atoms with Crippen LogP contribution in [0.4, 0.5) is 0 Å². The normalized spacial score (nSPS) is 31.4. The van der Waals surface area contributed by atoms with E-state index in [-0.39, 0.29) is 0 Å². The molecule has 0 bridgehead atoms. The molecule has 2 aliphatic heterocycles. The Kier molecular flexibility index (Phi) is 2.30. The first kappa shape index (κ1) is 8.05. The zero-order valence-corrected chi connectivity index (χ0v) is 7.55. The van der Waals surface area contributed by atoms with E-state index in [9.17, 15) is 0 Å². The van der Waals surface area contributed by atoms with E-state index in [1.54, 1.807) is 0 Å². The lowest BCUT2D eigenvalue weighted by Crippen LogP contribution is -2.32. The number of aliphatic imine (C=N–C) groups is 1. The van der Waals surface area contributed by atoms with Crippen molar-refractivity contribution in [3.8, 4) is 0 Å². The summed E-state index contributed by atoms with van der Waals surface area (Å²) in [7, 11) is 0. The summed E-state index contributed by atoms with van der Waals surface area (Å²) in [4.78, 5) is 4.41. The molecule has 0 aromatic carbocycles. The summed E-state index contributed by atoms with van der Waals surface area (Å²) in [5.41, 5.74) is 0. The molecule has 0 saturated carbocycles. The molecule has 1 fully saturated rings. The number of ether oxygens (including phenoxy) is 1. The molecule has 2 aliphatic rings. The molecule has 0 spiro atoms. The van der Waals surface area contributed by atoms with Gasteiger partial charge in [-0.05, 0) is 32.9 Å². The van der Waals surface area contributed by atoms with Crippen LogP contribution in [0, 0.1) is 5.92 Å². The monoisotopic (exact) mass is 168 g/mol. The van der Waals surface area contributed by atoms with Gasteiger partial charge in [-0.15, -0.1) is 0 Å². The molecule has 3 nitrogen and oxygen atoms in total. The van der Waals surface area contributed by atoms with Gasteiger partial charge >= 0.3 is 0 Å². The van der Waals surface area contributed by atoms with E-state index >= 15 is 0 Å². The highest BCUT2D eigenvalue weighted by Crippen LogP contribution is 2.19. The third-order valence-corrected chi connectivity index (χ3v) is 2.51. The quantitative estimate of drug-likeness (QED) is 0.628. The fraction of sp³-hybridized carbons (Fsp3) is 0.889. The Morgan fingerprint density at radius 3 is 2.75 bits per heavy atom. The molecule has 0 aliphatic carbocycles. The Morgan fingerprint density at radius 1 is 1.42 bits per heavy atom. The first-order valence-electron chi connectivity index (χ1n) is 4.78. The molecule has 68 valence electrons. The average Bonchev–Trinajstić information content (AvgIpc) is 2.54. The minimum atomic E-state index is 0.315. The Labute approximate surface area is 73.2 Å². The molecular weight excluding hydrogens is 152 g/mol. The summed E-state index contributed by atoms with van der Waals surface area (Å²) in [6.45, 7) is 5.17. The Hall–Kier alpha value is -0.570. The molecule has 0 radical (unpaired) electrons. The number of rotatable bonds is 1. The average molecular weight is 168 g/mol. The minimum Gasteiger partial charge on any atom is -0.476 e. The highest BCUT2D eigenvalue weighted by Gasteiger charge is 2.25. The molecular formula is C9H16N2O. The van der Waals surface area contributed by atoms with Gasteiger partial charge in [0, 0.05) is 5.92 Å². The Balaban J connectivity index is 1.91. The van der Waals surface area contributed by atoms with Gasteiger partial charge in [-0.1, -0.05) is 0 Å². The van der Waals surface area contributed by atoms with Crippen molar-refractivity contribution < 1.29 is 4.74 Å². The van der Waals surface area contributed by atoms with Gasteiger partial charge in [-0.2, -0.15) is 0 Å². The van der Waals surface area contributed by atoms with Crippen molar-refractivity contribution >= 4 is 5.90 Å². The molecule has 1 saturated heterocycles. The first-order chi connectivity index (χ1) is 5.86. The van der Waals surface area contributed by atoms with E-state index in [2.05, 4.69) is 17.2 Å². The van der Waals surface area contributed by atoms with Gasteiger partial charge in [0.1, 0.15) is 6.10 Å². The zero-order valence-electron chi connectivity index (χ0n) is 7.55. The van der Waals surface area contributed by atoms with Crippen LogP contribution in [0.15, 0.2) is 4.99 Å². The van der Waals surface area contributed by atoms with Gasteiger partial charge in [-0.3, -0.25) is 4.99 Å². The predicted octanol–water partition coefficient (Wildman–Crippen LogP) is 0.803. The van der Waals surface area contributed by atoms with E-state index in [4.69, 9.17) is 4.74 Å². The standard InChI is InChI=1S/C9H16N2O/c1-7-6-11-9(12-7)8-2-4-10-5-3-8/h7-8,10H,2-6H2,1H3. The van der Waals surface area contributed by atoms with Crippen molar-refractivity contribution in [2.75, 3.05) is 19.6 Å². The van der Waals surface area contributed by atoms with Crippen LogP contribution in [0.3, 0.4) is 0 Å². The largest absolute Gasteiger partial charge is 0.476 e. The van der Waals surface area contributed by atoms with E-state index in [1.165, 1.54) is 12.8 Å². The topological polar surface area (TPSA) is 33.6 Å². The van der Waals surface area contributed by atoms with Crippen LogP contribution in [0.5, 0.6) is 0 Å². The number of hydrogen-bond acceptors (Lipinski definition) is 3. The van der Waals surface area contributed by atoms with Crippen molar-refractivity contribution in [2.24, 2.45) is 10.9 Å². The lowest BCUT2D eigenvalue weighted by molar-refractivity contribution is 0.222. The third kappa shape index (κ3) is 1.61. The van der Waals surface area contributed by atoms with Gasteiger partial charge in [0.2, 0.25) is 0 Å². The molecule has 1 atom stereocenters. The first-order valence-corrected chi connectivity index (χ1v) is 4.78. The maximum Gasteiger partial charge on any atom is 0.186 e. The van der Waals surface area contributed by atoms with Crippen LogP contribution in [0.1, 0.15) is 19.8 Å². The molecule has 1 N–H and O–H groups in total. The van der Waals surface area contributed by atoms with Gasteiger partial charge in [0.15, 0.2) is 5.90 Å². The molecule has 0 aromatic rings. The maximum absolute atomic E-state index is 5.62. The third-order valence-electron chi connectivity index (χ3n) is 2.51. The van der Waals surface area contributed by atoms with Gasteiger partial charge in [0.25, 0.3) is 0 Å². The number of nitrogens with one attached hydrogen (secondary N) is 1. The van der Waals surface area contributed by atoms with Crippen LogP contribution in [0.2, 0.25) is 0 Å². The SMILES string of the molecule is CC1CN=C(C2CCNCC2)O1. The van der Waals surface area contributed by atoms with Crippen LogP contribution >= 0.6 is 0 Å². The second-order valence-corrected chi connectivity index (χ2v) is 3.63. The van der Waals surface area contributed by atoms with E-state index in [0.717, 1.165) is 25.5 Å². The van der Waals surface area contributed by atoms with Gasteiger partial charge in [-0.25, -0.2) is 0 Å². The van der Waals surface area contributed by atoms with Crippen LogP contribution in [0.25, 0.3) is 0 Å². The lowest BCUT2D eigenvalue weighted by Gasteiger charge is -2.22. The number of piperidine rings is 1. The van der Waals surface area contributed by atoms with Crippen LogP contribution in [-0.2, 0) is 4.74 Å². The molecule has 12 heavy (non-hydrogen) atoms. The summed E-state index contributed by atoms with van der Waals surface area (Å²) in [5.74, 6) is 1.61. The Morgan fingerprint density at radius 2 is 2.17 bits per heavy atom. The highest BCUT2D eigenvalue weighted by atomic mass is 16.5.